The van der Waals surface area contributed by atoms with Crippen molar-refractivity contribution in [3.8, 4) is 0 Å². The number of hydrogen-bond donors (Lipinski definition) is 2. The fourth-order valence-electron chi connectivity index (χ4n) is 1.48. The highest BCUT2D eigenvalue weighted by molar-refractivity contribution is 7.07. The summed E-state index contributed by atoms with van der Waals surface area (Å²) in [6.45, 7) is 0.559. The number of aromatic nitrogens is 1. The van der Waals surface area contributed by atoms with E-state index in [1.807, 2.05) is 0 Å². The summed E-state index contributed by atoms with van der Waals surface area (Å²) in [4.78, 5) is 15.4. The number of thiazole rings is 1. The minimum Gasteiger partial charge on any atom is -0.349 e. The molecule has 1 saturated carbocycles. The Labute approximate surface area is 111 Å². The van der Waals surface area contributed by atoms with Gasteiger partial charge in [0.2, 0.25) is 0 Å². The molecule has 0 aliphatic heterocycles. The lowest BCUT2D eigenvalue weighted by molar-refractivity contribution is 0.0925. The Balaban J connectivity index is 0.00000112. The van der Waals surface area contributed by atoms with Crippen LogP contribution in [0.1, 0.15) is 29.8 Å². The molecule has 7 heteroatoms. The maximum Gasteiger partial charge on any atom is 0.270 e. The van der Waals surface area contributed by atoms with E-state index in [1.165, 1.54) is 17.8 Å². The Bertz CT molecular complexity index is 328. The number of nitrogens with one attached hydrogen (secondary N) is 1. The zero-order valence-corrected chi connectivity index (χ0v) is 11.1. The van der Waals surface area contributed by atoms with Crippen LogP contribution in [0, 0.1) is 0 Å². The van der Waals surface area contributed by atoms with Gasteiger partial charge in [0.25, 0.3) is 5.91 Å². The summed E-state index contributed by atoms with van der Waals surface area (Å²) in [6.07, 6.45) is 3.18. The zero-order chi connectivity index (χ0) is 10.0. The van der Waals surface area contributed by atoms with Gasteiger partial charge >= 0.3 is 0 Å². The second-order valence-corrected chi connectivity index (χ2v) is 4.49. The number of hydrogen-bond acceptors (Lipinski definition) is 4. The molecule has 1 aliphatic rings. The van der Waals surface area contributed by atoms with Crippen LogP contribution in [0.4, 0.5) is 0 Å². The highest BCUT2D eigenvalue weighted by Crippen LogP contribution is 2.28. The average molecular weight is 284 g/mol. The predicted octanol–water partition coefficient (Wildman–Crippen LogP) is 1.60. The van der Waals surface area contributed by atoms with Crippen LogP contribution in [-0.2, 0) is 0 Å². The van der Waals surface area contributed by atoms with Crippen molar-refractivity contribution in [2.45, 2.75) is 24.8 Å². The van der Waals surface area contributed by atoms with E-state index in [2.05, 4.69) is 10.3 Å². The highest BCUT2D eigenvalue weighted by Gasteiger charge is 2.32. The third-order valence-electron chi connectivity index (χ3n) is 2.62. The first-order chi connectivity index (χ1) is 6.70. The second-order valence-electron chi connectivity index (χ2n) is 3.77. The smallest absolute Gasteiger partial charge is 0.270 e. The minimum atomic E-state index is -0.161. The number of halogens is 2. The van der Waals surface area contributed by atoms with Gasteiger partial charge in [-0.2, -0.15) is 0 Å². The van der Waals surface area contributed by atoms with E-state index in [-0.39, 0.29) is 36.3 Å². The molecule has 1 aromatic rings. The molecular formula is C9H15Cl2N3OS. The molecular weight excluding hydrogens is 269 g/mol. The summed E-state index contributed by atoms with van der Waals surface area (Å²) in [5, 5.41) is 4.54. The lowest BCUT2D eigenvalue weighted by atomic mass is 9.78. The number of nitrogens with zero attached hydrogens (tertiary/aromatic N) is 1. The van der Waals surface area contributed by atoms with Gasteiger partial charge in [-0.05, 0) is 19.3 Å². The summed E-state index contributed by atoms with van der Waals surface area (Å²) in [5.41, 5.74) is 7.94. The highest BCUT2D eigenvalue weighted by atomic mass is 35.5. The molecule has 4 nitrogen and oxygen atoms in total. The second kappa shape index (κ2) is 6.39. The Hall–Kier alpha value is -0.360. The molecule has 1 aromatic heterocycles. The van der Waals surface area contributed by atoms with Crippen LogP contribution < -0.4 is 11.1 Å². The maximum absolute atomic E-state index is 11.5. The van der Waals surface area contributed by atoms with Crippen LogP contribution in [0.5, 0.6) is 0 Å². The minimum absolute atomic E-state index is 0. The molecule has 0 spiro atoms. The van der Waals surface area contributed by atoms with E-state index in [0.717, 1.165) is 12.8 Å². The largest absolute Gasteiger partial charge is 0.349 e. The lowest BCUT2D eigenvalue weighted by Crippen LogP contribution is -2.54. The van der Waals surface area contributed by atoms with Gasteiger partial charge in [0.1, 0.15) is 5.69 Å². The molecule has 0 saturated heterocycles. The molecule has 0 atom stereocenters. The molecule has 0 bridgehead atoms. The van der Waals surface area contributed by atoms with Crippen molar-refractivity contribution in [3.63, 3.8) is 0 Å². The first kappa shape index (κ1) is 15.6. The molecule has 0 unspecified atom stereocenters. The first-order valence-electron chi connectivity index (χ1n) is 4.65. The molecule has 1 heterocycles. The molecule has 1 fully saturated rings. The van der Waals surface area contributed by atoms with Crippen LogP contribution >= 0.6 is 36.2 Å². The third-order valence-corrected chi connectivity index (χ3v) is 3.20. The Morgan fingerprint density at radius 2 is 2.25 bits per heavy atom. The Kier molecular flexibility index (Phi) is 6.25. The summed E-state index contributed by atoms with van der Waals surface area (Å²) in [5.74, 6) is -0.122. The molecule has 0 aromatic carbocycles. The quantitative estimate of drug-likeness (QED) is 0.885. The lowest BCUT2D eigenvalue weighted by Gasteiger charge is -2.37. The number of nitrogens with two attached hydrogens (primary N) is 1. The fourth-order valence-corrected chi connectivity index (χ4v) is 2.01. The SMILES string of the molecule is Cl.Cl.NC1(CNC(=O)c2cscn2)CCC1. The van der Waals surface area contributed by atoms with E-state index in [1.54, 1.807) is 10.9 Å². The van der Waals surface area contributed by atoms with Gasteiger partial charge in [0.15, 0.2) is 0 Å². The van der Waals surface area contributed by atoms with Crippen LogP contribution in [0.2, 0.25) is 0 Å². The van der Waals surface area contributed by atoms with Crippen molar-refractivity contribution in [1.29, 1.82) is 0 Å². The molecule has 3 N–H and O–H groups in total. The molecule has 0 radical (unpaired) electrons. The maximum atomic E-state index is 11.5. The number of carbonyl (C=O) groups is 1. The van der Waals surface area contributed by atoms with Gasteiger partial charge in [0.05, 0.1) is 5.51 Å². The van der Waals surface area contributed by atoms with Crippen molar-refractivity contribution >= 4 is 42.1 Å². The van der Waals surface area contributed by atoms with Crippen LogP contribution in [0.25, 0.3) is 0 Å². The van der Waals surface area contributed by atoms with E-state index in [9.17, 15) is 4.79 Å². The molecule has 92 valence electrons. The standard InChI is InChI=1S/C9H13N3OS.2ClH/c10-9(2-1-3-9)5-11-8(13)7-4-14-6-12-7;;/h4,6H,1-3,5,10H2,(H,11,13);2*1H. The van der Waals surface area contributed by atoms with E-state index in [0.29, 0.717) is 12.2 Å². The monoisotopic (exact) mass is 283 g/mol. The van der Waals surface area contributed by atoms with Crippen molar-refractivity contribution in [3.05, 3.63) is 16.6 Å². The summed E-state index contributed by atoms with van der Waals surface area (Å²) in [7, 11) is 0. The first-order valence-corrected chi connectivity index (χ1v) is 5.59. The molecule has 16 heavy (non-hydrogen) atoms. The summed E-state index contributed by atoms with van der Waals surface area (Å²) in [6, 6.07) is 0. The normalized spacial score (nSPS) is 16.3. The van der Waals surface area contributed by atoms with Crippen LogP contribution in [0.15, 0.2) is 10.9 Å². The molecule has 1 aliphatic carbocycles. The molecule has 2 rings (SSSR count). The van der Waals surface area contributed by atoms with Crippen LogP contribution in [-0.4, -0.2) is 23.0 Å². The van der Waals surface area contributed by atoms with Crippen molar-refractivity contribution < 1.29 is 4.79 Å². The summed E-state index contributed by atoms with van der Waals surface area (Å²) < 4.78 is 0. The van der Waals surface area contributed by atoms with E-state index in [4.69, 9.17) is 5.73 Å². The topological polar surface area (TPSA) is 68.0 Å². The van der Waals surface area contributed by atoms with Gasteiger partial charge in [0, 0.05) is 17.5 Å². The van der Waals surface area contributed by atoms with E-state index < -0.39 is 0 Å². The van der Waals surface area contributed by atoms with Gasteiger partial charge in [-0.1, -0.05) is 0 Å². The van der Waals surface area contributed by atoms with Crippen LogP contribution in [0.3, 0.4) is 0 Å². The predicted molar refractivity (Wildman–Crippen MR) is 69.7 cm³/mol. The van der Waals surface area contributed by atoms with E-state index >= 15 is 0 Å². The Morgan fingerprint density at radius 1 is 1.56 bits per heavy atom. The van der Waals surface area contributed by atoms with Crippen molar-refractivity contribution in [2.75, 3.05) is 6.54 Å². The fraction of sp³-hybridized carbons (Fsp3) is 0.556. The molecule has 1 amide bonds. The third kappa shape index (κ3) is 3.59. The number of rotatable bonds is 3. The number of carbonyl (C=O) groups excluding carboxylic acids is 1. The number of amides is 1. The Morgan fingerprint density at radius 3 is 2.69 bits per heavy atom. The van der Waals surface area contributed by atoms with Gasteiger partial charge in [-0.3, -0.25) is 4.79 Å². The summed E-state index contributed by atoms with van der Waals surface area (Å²) >= 11 is 1.42. The van der Waals surface area contributed by atoms with Crippen molar-refractivity contribution in [2.24, 2.45) is 5.73 Å². The van der Waals surface area contributed by atoms with Gasteiger partial charge < -0.3 is 11.1 Å². The van der Waals surface area contributed by atoms with Gasteiger partial charge in [-0.25, -0.2) is 4.98 Å². The average Bonchev–Trinajstić information content (AvgIpc) is 2.63. The zero-order valence-electron chi connectivity index (χ0n) is 8.64. The van der Waals surface area contributed by atoms with Gasteiger partial charge in [-0.15, -0.1) is 36.2 Å². The van der Waals surface area contributed by atoms with Crippen molar-refractivity contribution in [1.82, 2.24) is 10.3 Å².